The first-order valence-corrected chi connectivity index (χ1v) is 7.08. The van der Waals surface area contributed by atoms with E-state index in [2.05, 4.69) is 5.32 Å². The van der Waals surface area contributed by atoms with Crippen LogP contribution in [-0.2, 0) is 4.79 Å². The largest absolute Gasteiger partial charge is 0.442 e. The molecule has 0 atom stereocenters. The maximum atomic E-state index is 12.0. The highest BCUT2D eigenvalue weighted by molar-refractivity contribution is 8.00. The SMILES string of the molecule is O=C(CSC(F)(F)F)N1CCC2(CCNC2)CC1. The number of halogens is 3. The molecule has 2 aliphatic rings. The second kappa shape index (κ2) is 5.28. The first-order valence-electron chi connectivity index (χ1n) is 6.09. The Morgan fingerprint density at radius 2 is 1.94 bits per heavy atom. The van der Waals surface area contributed by atoms with Crippen LogP contribution in [0.1, 0.15) is 19.3 Å². The van der Waals surface area contributed by atoms with Gasteiger partial charge in [-0.1, -0.05) is 0 Å². The van der Waals surface area contributed by atoms with E-state index in [9.17, 15) is 18.0 Å². The zero-order chi connectivity index (χ0) is 13.2. The van der Waals surface area contributed by atoms with E-state index in [1.165, 1.54) is 0 Å². The third kappa shape index (κ3) is 3.54. The molecule has 1 spiro atoms. The molecule has 7 heteroatoms. The summed E-state index contributed by atoms with van der Waals surface area (Å²) in [6.07, 6.45) is 2.93. The maximum Gasteiger partial charge on any atom is 0.442 e. The highest BCUT2D eigenvalue weighted by Crippen LogP contribution is 2.37. The van der Waals surface area contributed by atoms with E-state index in [0.29, 0.717) is 13.1 Å². The molecular formula is C11H17F3N2OS. The van der Waals surface area contributed by atoms with Gasteiger partial charge < -0.3 is 10.2 Å². The lowest BCUT2D eigenvalue weighted by Crippen LogP contribution is -2.44. The van der Waals surface area contributed by atoms with E-state index in [-0.39, 0.29) is 17.2 Å². The van der Waals surface area contributed by atoms with Crippen molar-refractivity contribution in [2.45, 2.75) is 24.8 Å². The number of rotatable bonds is 2. The van der Waals surface area contributed by atoms with Crippen LogP contribution in [0, 0.1) is 5.41 Å². The molecule has 0 saturated carbocycles. The van der Waals surface area contributed by atoms with Gasteiger partial charge in [0.1, 0.15) is 0 Å². The van der Waals surface area contributed by atoms with Crippen LogP contribution in [-0.4, -0.2) is 48.2 Å². The number of hydrogen-bond acceptors (Lipinski definition) is 3. The fraction of sp³-hybridized carbons (Fsp3) is 0.909. The lowest BCUT2D eigenvalue weighted by Gasteiger charge is -2.38. The van der Waals surface area contributed by atoms with E-state index >= 15 is 0 Å². The standard InChI is InChI=1S/C11H17F3N2OS/c12-11(13,14)18-7-9(17)16-5-2-10(3-6-16)1-4-15-8-10/h15H,1-8H2. The molecule has 2 fully saturated rings. The molecule has 0 aromatic rings. The van der Waals surface area contributed by atoms with E-state index in [1.807, 2.05) is 0 Å². The fourth-order valence-electron chi connectivity index (χ4n) is 2.69. The number of amides is 1. The third-order valence-electron chi connectivity index (χ3n) is 3.87. The Bertz CT molecular complexity index is 306. The molecule has 1 N–H and O–H groups in total. The fourth-order valence-corrected chi connectivity index (χ4v) is 3.16. The highest BCUT2D eigenvalue weighted by Gasteiger charge is 2.38. The summed E-state index contributed by atoms with van der Waals surface area (Å²) in [4.78, 5) is 13.2. The summed E-state index contributed by atoms with van der Waals surface area (Å²) in [6, 6.07) is 0. The molecule has 18 heavy (non-hydrogen) atoms. The van der Waals surface area contributed by atoms with Gasteiger partial charge in [0.05, 0.1) is 5.75 Å². The molecule has 0 unspecified atom stereocenters. The summed E-state index contributed by atoms with van der Waals surface area (Å²) >= 11 is -0.244. The zero-order valence-corrected chi connectivity index (χ0v) is 10.9. The smallest absolute Gasteiger partial charge is 0.342 e. The van der Waals surface area contributed by atoms with Crippen molar-refractivity contribution in [1.82, 2.24) is 10.2 Å². The van der Waals surface area contributed by atoms with Crippen LogP contribution in [0.2, 0.25) is 0 Å². The Morgan fingerprint density at radius 1 is 1.28 bits per heavy atom. The number of carbonyl (C=O) groups excluding carboxylic acids is 1. The molecule has 0 aromatic heterocycles. The normalized spacial score (nSPS) is 23.6. The van der Waals surface area contributed by atoms with Gasteiger partial charge in [0, 0.05) is 19.6 Å². The number of thioether (sulfide) groups is 1. The molecular weight excluding hydrogens is 265 g/mol. The highest BCUT2D eigenvalue weighted by atomic mass is 32.2. The minimum Gasteiger partial charge on any atom is -0.342 e. The molecule has 2 aliphatic heterocycles. The number of nitrogens with zero attached hydrogens (tertiary/aromatic N) is 1. The van der Waals surface area contributed by atoms with Crippen LogP contribution in [0.15, 0.2) is 0 Å². The van der Waals surface area contributed by atoms with Gasteiger partial charge in [0.15, 0.2) is 0 Å². The summed E-state index contributed by atoms with van der Waals surface area (Å²) in [5, 5.41) is 3.32. The second-order valence-electron chi connectivity index (χ2n) is 5.04. The summed E-state index contributed by atoms with van der Waals surface area (Å²) in [5.41, 5.74) is -4.03. The Kier molecular flexibility index (Phi) is 4.11. The van der Waals surface area contributed by atoms with Crippen molar-refractivity contribution in [3.63, 3.8) is 0 Å². The van der Waals surface area contributed by atoms with Crippen molar-refractivity contribution >= 4 is 17.7 Å². The summed E-state index contributed by atoms with van der Waals surface area (Å²) in [6.45, 7) is 3.18. The van der Waals surface area contributed by atoms with Crippen LogP contribution in [0.3, 0.4) is 0 Å². The molecule has 2 saturated heterocycles. The summed E-state index contributed by atoms with van der Waals surface area (Å²) in [5.74, 6) is -0.882. The van der Waals surface area contributed by atoms with Gasteiger partial charge in [0.25, 0.3) is 0 Å². The summed E-state index contributed by atoms with van der Waals surface area (Å²) in [7, 11) is 0. The average Bonchev–Trinajstić information content (AvgIpc) is 2.75. The van der Waals surface area contributed by atoms with Gasteiger partial charge in [-0.25, -0.2) is 0 Å². The van der Waals surface area contributed by atoms with E-state index in [4.69, 9.17) is 0 Å². The Hall–Kier alpha value is -0.430. The topological polar surface area (TPSA) is 32.3 Å². The van der Waals surface area contributed by atoms with Crippen LogP contribution in [0.5, 0.6) is 0 Å². The van der Waals surface area contributed by atoms with Crippen molar-refractivity contribution in [2.75, 3.05) is 31.9 Å². The van der Waals surface area contributed by atoms with Crippen LogP contribution in [0.25, 0.3) is 0 Å². The molecule has 0 bridgehead atoms. The quantitative estimate of drug-likeness (QED) is 0.839. The maximum absolute atomic E-state index is 12.0. The lowest BCUT2D eigenvalue weighted by atomic mass is 9.78. The van der Waals surface area contributed by atoms with E-state index in [0.717, 1.165) is 32.4 Å². The molecule has 0 aromatic carbocycles. The lowest BCUT2D eigenvalue weighted by molar-refractivity contribution is -0.130. The van der Waals surface area contributed by atoms with Gasteiger partial charge in [-0.2, -0.15) is 13.2 Å². The average molecular weight is 282 g/mol. The van der Waals surface area contributed by atoms with Crippen LogP contribution in [0.4, 0.5) is 13.2 Å². The predicted molar refractivity (Wildman–Crippen MR) is 64.2 cm³/mol. The van der Waals surface area contributed by atoms with Gasteiger partial charge in [-0.05, 0) is 43.0 Å². The molecule has 104 valence electrons. The molecule has 0 radical (unpaired) electrons. The molecule has 0 aliphatic carbocycles. The van der Waals surface area contributed by atoms with Crippen molar-refractivity contribution in [3.8, 4) is 0 Å². The number of hydrogen-bond donors (Lipinski definition) is 1. The first kappa shape index (κ1) is 14.0. The minimum atomic E-state index is -4.32. The van der Waals surface area contributed by atoms with Crippen molar-refractivity contribution in [3.05, 3.63) is 0 Å². The second-order valence-corrected chi connectivity index (χ2v) is 6.08. The molecule has 2 heterocycles. The zero-order valence-electron chi connectivity index (χ0n) is 10.1. The number of likely N-dealkylation sites (tertiary alicyclic amines) is 1. The number of alkyl halides is 3. The number of nitrogens with one attached hydrogen (secondary N) is 1. The van der Waals surface area contributed by atoms with Crippen molar-refractivity contribution in [1.29, 1.82) is 0 Å². The van der Waals surface area contributed by atoms with Gasteiger partial charge >= 0.3 is 5.51 Å². The molecule has 2 rings (SSSR count). The third-order valence-corrected chi connectivity index (χ3v) is 4.59. The van der Waals surface area contributed by atoms with E-state index in [1.54, 1.807) is 4.90 Å². The van der Waals surface area contributed by atoms with Crippen molar-refractivity contribution < 1.29 is 18.0 Å². The first-order chi connectivity index (χ1) is 8.40. The van der Waals surface area contributed by atoms with Crippen LogP contribution >= 0.6 is 11.8 Å². The molecule has 1 amide bonds. The predicted octanol–water partition coefficient (Wildman–Crippen LogP) is 1.84. The van der Waals surface area contributed by atoms with Gasteiger partial charge in [0.2, 0.25) is 5.91 Å². The van der Waals surface area contributed by atoms with E-state index < -0.39 is 17.2 Å². The Balaban J connectivity index is 1.77. The minimum absolute atomic E-state index is 0.244. The Morgan fingerprint density at radius 3 is 2.44 bits per heavy atom. The van der Waals surface area contributed by atoms with Crippen LogP contribution < -0.4 is 5.32 Å². The Labute approximate surface area is 108 Å². The van der Waals surface area contributed by atoms with Gasteiger partial charge in [-0.3, -0.25) is 4.79 Å². The number of piperidine rings is 1. The monoisotopic (exact) mass is 282 g/mol. The van der Waals surface area contributed by atoms with Crippen molar-refractivity contribution in [2.24, 2.45) is 5.41 Å². The summed E-state index contributed by atoms with van der Waals surface area (Å²) < 4.78 is 36.0. The number of carbonyl (C=O) groups is 1. The van der Waals surface area contributed by atoms with Gasteiger partial charge in [-0.15, -0.1) is 0 Å². The molecule has 3 nitrogen and oxygen atoms in total.